The first-order valence-electron chi connectivity index (χ1n) is 6.18. The summed E-state index contributed by atoms with van der Waals surface area (Å²) < 4.78 is 0. The molecule has 1 saturated carbocycles. The van der Waals surface area contributed by atoms with Gasteiger partial charge in [0.15, 0.2) is 0 Å². The van der Waals surface area contributed by atoms with Crippen LogP contribution in [0.15, 0.2) is 0 Å². The SMILES string of the molecule is CC#CCN1CCC(=O)NC2(CCCC2)C1=O. The van der Waals surface area contributed by atoms with Gasteiger partial charge >= 0.3 is 0 Å². The fourth-order valence-electron chi connectivity index (χ4n) is 2.67. The maximum atomic E-state index is 12.5. The van der Waals surface area contributed by atoms with Crippen molar-refractivity contribution in [3.63, 3.8) is 0 Å². The van der Waals surface area contributed by atoms with E-state index in [-0.39, 0.29) is 11.8 Å². The lowest BCUT2D eigenvalue weighted by Crippen LogP contribution is -2.55. The van der Waals surface area contributed by atoms with Crippen LogP contribution in [-0.2, 0) is 9.59 Å². The van der Waals surface area contributed by atoms with E-state index in [9.17, 15) is 9.59 Å². The van der Waals surface area contributed by atoms with E-state index in [0.717, 1.165) is 25.7 Å². The minimum atomic E-state index is -0.622. The van der Waals surface area contributed by atoms with Gasteiger partial charge in [0.25, 0.3) is 0 Å². The van der Waals surface area contributed by atoms with Crippen LogP contribution in [0.2, 0.25) is 0 Å². The Balaban J connectivity index is 2.21. The molecular formula is C13H18N2O2. The Hall–Kier alpha value is -1.50. The summed E-state index contributed by atoms with van der Waals surface area (Å²) in [6, 6.07) is 0. The molecule has 0 unspecified atom stereocenters. The van der Waals surface area contributed by atoms with E-state index in [1.54, 1.807) is 11.8 Å². The third kappa shape index (κ3) is 2.28. The molecule has 1 N–H and O–H groups in total. The highest BCUT2D eigenvalue weighted by molar-refractivity contribution is 5.93. The summed E-state index contributed by atoms with van der Waals surface area (Å²) in [4.78, 5) is 25.9. The molecule has 1 heterocycles. The highest BCUT2D eigenvalue weighted by Gasteiger charge is 2.46. The molecule has 1 aliphatic heterocycles. The van der Waals surface area contributed by atoms with Crippen molar-refractivity contribution < 1.29 is 9.59 Å². The van der Waals surface area contributed by atoms with Crippen molar-refractivity contribution in [1.82, 2.24) is 10.2 Å². The molecule has 2 rings (SSSR count). The van der Waals surface area contributed by atoms with Crippen molar-refractivity contribution in [3.05, 3.63) is 0 Å². The van der Waals surface area contributed by atoms with Crippen LogP contribution < -0.4 is 5.32 Å². The zero-order valence-electron chi connectivity index (χ0n) is 10.2. The molecular weight excluding hydrogens is 216 g/mol. The third-order valence-electron chi connectivity index (χ3n) is 3.59. The first-order valence-corrected chi connectivity index (χ1v) is 6.18. The van der Waals surface area contributed by atoms with Crippen LogP contribution in [0.4, 0.5) is 0 Å². The Bertz CT molecular complexity index is 386. The molecule has 1 saturated heterocycles. The second kappa shape index (κ2) is 4.79. The summed E-state index contributed by atoms with van der Waals surface area (Å²) in [5.74, 6) is 5.76. The monoisotopic (exact) mass is 234 g/mol. The van der Waals surface area contributed by atoms with Gasteiger partial charge in [0.1, 0.15) is 5.54 Å². The van der Waals surface area contributed by atoms with Crippen LogP contribution in [0.5, 0.6) is 0 Å². The van der Waals surface area contributed by atoms with Crippen LogP contribution in [0.3, 0.4) is 0 Å². The van der Waals surface area contributed by atoms with Crippen LogP contribution >= 0.6 is 0 Å². The van der Waals surface area contributed by atoms with E-state index in [0.29, 0.717) is 19.5 Å². The zero-order chi connectivity index (χ0) is 12.3. The number of rotatable bonds is 1. The van der Waals surface area contributed by atoms with Crippen molar-refractivity contribution in [3.8, 4) is 11.8 Å². The van der Waals surface area contributed by atoms with E-state index in [1.807, 2.05) is 0 Å². The molecule has 0 radical (unpaired) electrons. The fourth-order valence-corrected chi connectivity index (χ4v) is 2.67. The highest BCUT2D eigenvalue weighted by Crippen LogP contribution is 2.32. The van der Waals surface area contributed by atoms with E-state index in [1.165, 1.54) is 0 Å². The van der Waals surface area contributed by atoms with Gasteiger partial charge in [-0.3, -0.25) is 9.59 Å². The predicted octanol–water partition coefficient (Wildman–Crippen LogP) is 0.671. The van der Waals surface area contributed by atoms with Crippen LogP contribution in [-0.4, -0.2) is 35.3 Å². The van der Waals surface area contributed by atoms with E-state index >= 15 is 0 Å². The van der Waals surface area contributed by atoms with Crippen molar-refractivity contribution in [2.24, 2.45) is 0 Å². The number of hydrogen-bond donors (Lipinski definition) is 1. The van der Waals surface area contributed by atoms with Gasteiger partial charge < -0.3 is 10.2 Å². The van der Waals surface area contributed by atoms with Crippen LogP contribution in [0.25, 0.3) is 0 Å². The maximum Gasteiger partial charge on any atom is 0.249 e. The smallest absolute Gasteiger partial charge is 0.249 e. The topological polar surface area (TPSA) is 49.4 Å². The average Bonchev–Trinajstić information content (AvgIpc) is 2.73. The lowest BCUT2D eigenvalue weighted by atomic mass is 9.96. The minimum absolute atomic E-state index is 0.00722. The Labute approximate surface area is 102 Å². The molecule has 1 aliphatic carbocycles. The molecule has 1 spiro atoms. The number of amides is 2. The van der Waals surface area contributed by atoms with Gasteiger partial charge in [0, 0.05) is 13.0 Å². The molecule has 0 atom stereocenters. The number of hydrogen-bond acceptors (Lipinski definition) is 2. The lowest BCUT2D eigenvalue weighted by Gasteiger charge is -2.30. The van der Waals surface area contributed by atoms with E-state index in [2.05, 4.69) is 17.2 Å². The highest BCUT2D eigenvalue weighted by atomic mass is 16.2. The van der Waals surface area contributed by atoms with E-state index in [4.69, 9.17) is 0 Å². The number of nitrogens with zero attached hydrogens (tertiary/aromatic N) is 1. The molecule has 2 fully saturated rings. The Kier molecular flexibility index (Phi) is 3.37. The fraction of sp³-hybridized carbons (Fsp3) is 0.692. The molecule has 0 aromatic heterocycles. The Morgan fingerprint density at radius 1 is 1.35 bits per heavy atom. The van der Waals surface area contributed by atoms with Gasteiger partial charge in [-0.15, -0.1) is 5.92 Å². The van der Waals surface area contributed by atoms with Gasteiger partial charge in [-0.2, -0.15) is 0 Å². The number of carbonyl (C=O) groups is 2. The van der Waals surface area contributed by atoms with Crippen molar-refractivity contribution in [2.75, 3.05) is 13.1 Å². The predicted molar refractivity (Wildman–Crippen MR) is 64.0 cm³/mol. The molecule has 0 aromatic carbocycles. The molecule has 4 heteroatoms. The van der Waals surface area contributed by atoms with Crippen molar-refractivity contribution >= 4 is 11.8 Å². The van der Waals surface area contributed by atoms with Gasteiger partial charge in [0.2, 0.25) is 11.8 Å². The molecule has 0 bridgehead atoms. The van der Waals surface area contributed by atoms with Crippen molar-refractivity contribution in [1.29, 1.82) is 0 Å². The van der Waals surface area contributed by atoms with Crippen LogP contribution in [0.1, 0.15) is 39.0 Å². The van der Waals surface area contributed by atoms with Gasteiger partial charge in [0.05, 0.1) is 6.54 Å². The minimum Gasteiger partial charge on any atom is -0.342 e. The van der Waals surface area contributed by atoms with Gasteiger partial charge in [-0.05, 0) is 19.8 Å². The average molecular weight is 234 g/mol. The third-order valence-corrected chi connectivity index (χ3v) is 3.59. The van der Waals surface area contributed by atoms with Crippen molar-refractivity contribution in [2.45, 2.75) is 44.6 Å². The first-order chi connectivity index (χ1) is 8.18. The van der Waals surface area contributed by atoms with Crippen LogP contribution in [0, 0.1) is 11.8 Å². The van der Waals surface area contributed by atoms with E-state index < -0.39 is 5.54 Å². The maximum absolute atomic E-state index is 12.5. The summed E-state index contributed by atoms with van der Waals surface area (Å²) in [7, 11) is 0. The molecule has 2 aliphatic rings. The normalized spacial score (nSPS) is 23.0. The Morgan fingerprint density at radius 3 is 2.71 bits per heavy atom. The second-order valence-corrected chi connectivity index (χ2v) is 4.74. The summed E-state index contributed by atoms with van der Waals surface area (Å²) in [6.07, 6.45) is 3.96. The van der Waals surface area contributed by atoms with Gasteiger partial charge in [-0.1, -0.05) is 18.8 Å². The molecule has 2 amide bonds. The molecule has 92 valence electrons. The van der Waals surface area contributed by atoms with Gasteiger partial charge in [-0.25, -0.2) is 0 Å². The quantitative estimate of drug-likeness (QED) is 0.678. The second-order valence-electron chi connectivity index (χ2n) is 4.74. The largest absolute Gasteiger partial charge is 0.342 e. The summed E-state index contributed by atoms with van der Waals surface area (Å²) in [5.41, 5.74) is -0.622. The molecule has 17 heavy (non-hydrogen) atoms. The lowest BCUT2D eigenvalue weighted by molar-refractivity contribution is -0.138. The zero-order valence-corrected chi connectivity index (χ0v) is 10.2. The number of carbonyl (C=O) groups excluding carboxylic acids is 2. The molecule has 4 nitrogen and oxygen atoms in total. The summed E-state index contributed by atoms with van der Waals surface area (Å²) >= 11 is 0. The standard InChI is InChI=1S/C13H18N2O2/c1-2-3-9-15-10-6-11(16)14-13(12(15)17)7-4-5-8-13/h4-10H2,1H3,(H,14,16). The number of nitrogens with one attached hydrogen (secondary N) is 1. The summed E-state index contributed by atoms with van der Waals surface area (Å²) in [6.45, 7) is 2.68. The summed E-state index contributed by atoms with van der Waals surface area (Å²) in [5, 5.41) is 2.93. The molecule has 0 aromatic rings. The Morgan fingerprint density at radius 2 is 2.06 bits per heavy atom. The first kappa shape index (κ1) is 12.0.